The molecular formula is C21H26N2O. The van der Waals surface area contributed by atoms with Crippen LogP contribution in [0.25, 0.3) is 0 Å². The molecule has 3 rings (SSSR count). The first-order valence-corrected chi connectivity index (χ1v) is 8.85. The number of amides is 1. The highest BCUT2D eigenvalue weighted by Gasteiger charge is 2.22. The Balaban J connectivity index is 1.69. The average Bonchev–Trinajstić information content (AvgIpc) is 2.63. The number of piperidine rings is 1. The zero-order valence-electron chi connectivity index (χ0n) is 14.3. The molecule has 1 saturated heterocycles. The minimum atomic E-state index is 0.0403. The minimum absolute atomic E-state index is 0.0403. The van der Waals surface area contributed by atoms with Gasteiger partial charge in [-0.25, -0.2) is 0 Å². The Hall–Kier alpha value is -2.13. The topological polar surface area (TPSA) is 32.3 Å². The van der Waals surface area contributed by atoms with E-state index in [-0.39, 0.29) is 11.9 Å². The highest BCUT2D eigenvalue weighted by Crippen LogP contribution is 2.22. The second kappa shape index (κ2) is 8.11. The SMILES string of the molecule is CC1CCCN(C(=O)CNC(c2ccccc2)c2ccccc2)C1. The predicted octanol–water partition coefficient (Wildman–Crippen LogP) is 3.62. The number of nitrogens with one attached hydrogen (secondary N) is 1. The fourth-order valence-electron chi connectivity index (χ4n) is 3.44. The van der Waals surface area contributed by atoms with Crippen molar-refractivity contribution in [2.45, 2.75) is 25.8 Å². The van der Waals surface area contributed by atoms with E-state index in [2.05, 4.69) is 36.5 Å². The molecule has 1 unspecified atom stereocenters. The van der Waals surface area contributed by atoms with Gasteiger partial charge in [0.15, 0.2) is 0 Å². The summed E-state index contributed by atoms with van der Waals surface area (Å²) < 4.78 is 0. The molecule has 0 radical (unpaired) electrons. The van der Waals surface area contributed by atoms with Crippen molar-refractivity contribution >= 4 is 5.91 Å². The molecule has 2 aromatic rings. The number of carbonyl (C=O) groups excluding carboxylic acids is 1. The van der Waals surface area contributed by atoms with Gasteiger partial charge in [0.05, 0.1) is 12.6 Å². The average molecular weight is 322 g/mol. The van der Waals surface area contributed by atoms with Crippen molar-refractivity contribution in [3.05, 3.63) is 71.8 Å². The van der Waals surface area contributed by atoms with Gasteiger partial charge < -0.3 is 4.90 Å². The molecule has 0 spiro atoms. The maximum absolute atomic E-state index is 12.6. The molecule has 0 aliphatic carbocycles. The molecule has 1 atom stereocenters. The maximum Gasteiger partial charge on any atom is 0.236 e. The molecule has 1 aliphatic rings. The van der Waals surface area contributed by atoms with Crippen LogP contribution in [0.15, 0.2) is 60.7 Å². The monoisotopic (exact) mass is 322 g/mol. The number of nitrogens with zero attached hydrogens (tertiary/aromatic N) is 1. The fraction of sp³-hybridized carbons (Fsp3) is 0.381. The molecule has 0 bridgehead atoms. The van der Waals surface area contributed by atoms with Crippen molar-refractivity contribution in [2.24, 2.45) is 5.92 Å². The lowest BCUT2D eigenvalue weighted by Crippen LogP contribution is -2.44. The summed E-state index contributed by atoms with van der Waals surface area (Å²) in [6.45, 7) is 4.39. The van der Waals surface area contributed by atoms with Crippen LogP contribution < -0.4 is 5.32 Å². The molecule has 24 heavy (non-hydrogen) atoms. The second-order valence-electron chi connectivity index (χ2n) is 6.72. The van der Waals surface area contributed by atoms with E-state index in [0.29, 0.717) is 12.5 Å². The lowest BCUT2D eigenvalue weighted by atomic mass is 9.98. The van der Waals surface area contributed by atoms with Crippen molar-refractivity contribution in [1.29, 1.82) is 0 Å². The quantitative estimate of drug-likeness (QED) is 0.912. The summed E-state index contributed by atoms with van der Waals surface area (Å²) in [7, 11) is 0. The minimum Gasteiger partial charge on any atom is -0.341 e. The van der Waals surface area contributed by atoms with Gasteiger partial charge in [-0.3, -0.25) is 10.1 Å². The van der Waals surface area contributed by atoms with Crippen molar-refractivity contribution in [3.8, 4) is 0 Å². The summed E-state index contributed by atoms with van der Waals surface area (Å²) >= 11 is 0. The van der Waals surface area contributed by atoms with E-state index in [1.54, 1.807) is 0 Å². The molecule has 1 fully saturated rings. The number of hydrogen-bond donors (Lipinski definition) is 1. The van der Waals surface area contributed by atoms with Crippen LogP contribution in [-0.2, 0) is 4.79 Å². The van der Waals surface area contributed by atoms with Crippen LogP contribution in [0, 0.1) is 5.92 Å². The van der Waals surface area contributed by atoms with Crippen molar-refractivity contribution in [2.75, 3.05) is 19.6 Å². The molecule has 3 nitrogen and oxygen atoms in total. The third kappa shape index (κ3) is 4.24. The largest absolute Gasteiger partial charge is 0.341 e. The van der Waals surface area contributed by atoms with E-state index in [4.69, 9.17) is 0 Å². The standard InChI is InChI=1S/C21H26N2O/c1-17-9-8-14-23(16-17)20(24)15-22-21(18-10-4-2-5-11-18)19-12-6-3-7-13-19/h2-7,10-13,17,21-22H,8-9,14-16H2,1H3. The van der Waals surface area contributed by atoms with Crippen LogP contribution in [0.3, 0.4) is 0 Å². The Morgan fingerprint density at radius 3 is 2.21 bits per heavy atom. The predicted molar refractivity (Wildman–Crippen MR) is 97.7 cm³/mol. The molecular weight excluding hydrogens is 296 g/mol. The van der Waals surface area contributed by atoms with Crippen LogP contribution in [0.4, 0.5) is 0 Å². The van der Waals surface area contributed by atoms with Gasteiger partial charge >= 0.3 is 0 Å². The molecule has 0 saturated carbocycles. The first kappa shape index (κ1) is 16.7. The fourth-order valence-corrected chi connectivity index (χ4v) is 3.44. The third-order valence-corrected chi connectivity index (χ3v) is 4.73. The van der Waals surface area contributed by atoms with Crippen LogP contribution in [0.5, 0.6) is 0 Å². The smallest absolute Gasteiger partial charge is 0.236 e. The second-order valence-corrected chi connectivity index (χ2v) is 6.72. The number of likely N-dealkylation sites (tertiary alicyclic amines) is 1. The number of rotatable bonds is 5. The van der Waals surface area contributed by atoms with Gasteiger partial charge in [-0.15, -0.1) is 0 Å². The van der Waals surface area contributed by atoms with Gasteiger partial charge in [-0.2, -0.15) is 0 Å². The van der Waals surface area contributed by atoms with Gasteiger partial charge in [0.25, 0.3) is 0 Å². The van der Waals surface area contributed by atoms with Gasteiger partial charge in [0.2, 0.25) is 5.91 Å². The molecule has 1 amide bonds. The zero-order chi connectivity index (χ0) is 16.8. The highest BCUT2D eigenvalue weighted by molar-refractivity contribution is 5.78. The summed E-state index contributed by atoms with van der Waals surface area (Å²) in [6, 6.07) is 20.7. The van der Waals surface area contributed by atoms with E-state index in [1.165, 1.54) is 17.5 Å². The lowest BCUT2D eigenvalue weighted by Gasteiger charge is -2.31. The third-order valence-electron chi connectivity index (χ3n) is 4.73. The number of carbonyl (C=O) groups is 1. The molecule has 3 heteroatoms. The number of benzene rings is 2. The van der Waals surface area contributed by atoms with Gasteiger partial charge in [0, 0.05) is 13.1 Å². The molecule has 1 N–H and O–H groups in total. The highest BCUT2D eigenvalue weighted by atomic mass is 16.2. The zero-order valence-corrected chi connectivity index (χ0v) is 14.3. The van der Waals surface area contributed by atoms with Crippen LogP contribution in [-0.4, -0.2) is 30.4 Å². The van der Waals surface area contributed by atoms with Crippen LogP contribution in [0.1, 0.15) is 36.9 Å². The molecule has 2 aromatic carbocycles. The van der Waals surface area contributed by atoms with Crippen molar-refractivity contribution < 1.29 is 4.79 Å². The molecule has 0 aromatic heterocycles. The van der Waals surface area contributed by atoms with E-state index in [1.807, 2.05) is 41.3 Å². The Morgan fingerprint density at radius 2 is 1.67 bits per heavy atom. The van der Waals surface area contributed by atoms with Crippen LogP contribution >= 0.6 is 0 Å². The maximum atomic E-state index is 12.6. The molecule has 126 valence electrons. The summed E-state index contributed by atoms with van der Waals surface area (Å²) in [5, 5.41) is 3.47. The van der Waals surface area contributed by atoms with Crippen LogP contribution in [0.2, 0.25) is 0 Å². The normalized spacial score (nSPS) is 17.9. The summed E-state index contributed by atoms with van der Waals surface area (Å²) in [6.07, 6.45) is 2.35. The van der Waals surface area contributed by atoms with E-state index in [0.717, 1.165) is 19.5 Å². The van der Waals surface area contributed by atoms with Crippen molar-refractivity contribution in [3.63, 3.8) is 0 Å². The van der Waals surface area contributed by atoms with Gasteiger partial charge in [-0.1, -0.05) is 67.6 Å². The lowest BCUT2D eigenvalue weighted by molar-refractivity contribution is -0.132. The molecule has 1 aliphatic heterocycles. The summed E-state index contributed by atoms with van der Waals surface area (Å²) in [4.78, 5) is 14.6. The van der Waals surface area contributed by atoms with E-state index in [9.17, 15) is 4.79 Å². The summed E-state index contributed by atoms with van der Waals surface area (Å²) in [5.41, 5.74) is 2.37. The first-order valence-electron chi connectivity index (χ1n) is 8.85. The Bertz CT molecular complexity index is 602. The number of hydrogen-bond acceptors (Lipinski definition) is 2. The summed E-state index contributed by atoms with van der Waals surface area (Å²) in [5.74, 6) is 0.820. The first-order chi connectivity index (χ1) is 11.7. The van der Waals surface area contributed by atoms with Gasteiger partial charge in [0.1, 0.15) is 0 Å². The Kier molecular flexibility index (Phi) is 5.65. The Labute approximate surface area is 144 Å². The van der Waals surface area contributed by atoms with E-state index < -0.39 is 0 Å². The molecule has 1 heterocycles. The van der Waals surface area contributed by atoms with Crippen molar-refractivity contribution in [1.82, 2.24) is 10.2 Å². The van der Waals surface area contributed by atoms with E-state index >= 15 is 0 Å². The Morgan fingerprint density at radius 1 is 1.08 bits per heavy atom. The van der Waals surface area contributed by atoms with Gasteiger partial charge in [-0.05, 0) is 29.9 Å².